The fourth-order valence-corrected chi connectivity index (χ4v) is 0.965. The Morgan fingerprint density at radius 2 is 2.20 bits per heavy atom. The predicted molar refractivity (Wildman–Crippen MR) is 60.5 cm³/mol. The van der Waals surface area contributed by atoms with Crippen LogP contribution >= 0.6 is 0 Å². The molecule has 76 valence electrons. The largest absolute Gasteiger partial charge is 0.352 e. The van der Waals surface area contributed by atoms with Crippen LogP contribution in [0, 0.1) is 11.5 Å². The molecule has 0 saturated carbocycles. The van der Waals surface area contributed by atoms with E-state index in [4.69, 9.17) is 5.26 Å². The first kappa shape index (κ1) is 10.8. The van der Waals surface area contributed by atoms with Crippen LogP contribution in [0.5, 0.6) is 0 Å². The first-order chi connectivity index (χ1) is 7.36. The summed E-state index contributed by atoms with van der Waals surface area (Å²) >= 11 is 0. The Kier molecular flexibility index (Phi) is 4.47. The number of hydrogen-bond acceptors (Lipinski definition) is 2. The van der Waals surface area contributed by atoms with E-state index in [1.165, 1.54) is 0 Å². The van der Waals surface area contributed by atoms with Crippen LogP contribution in [0.4, 0.5) is 5.69 Å². The molecule has 0 aromatic heterocycles. The maximum absolute atomic E-state index is 8.51. The Labute approximate surface area is 89.0 Å². The van der Waals surface area contributed by atoms with Gasteiger partial charge in [0.25, 0.3) is 0 Å². The number of para-hydroxylation sites is 1. The first-order valence-electron chi connectivity index (χ1n) is 4.50. The van der Waals surface area contributed by atoms with Crippen LogP contribution in [0.3, 0.4) is 0 Å². The highest BCUT2D eigenvalue weighted by atomic mass is 15.2. The molecule has 1 aromatic rings. The van der Waals surface area contributed by atoms with Crippen molar-refractivity contribution in [3.8, 4) is 6.19 Å². The van der Waals surface area contributed by atoms with Gasteiger partial charge in [0, 0.05) is 6.54 Å². The molecule has 2 N–H and O–H groups in total. The van der Waals surface area contributed by atoms with Gasteiger partial charge in [0.2, 0.25) is 5.96 Å². The standard InChI is InChI=1S/C11H12N4/c1-2-8-13-11(14-9-12)15-10-6-4-3-5-7-10/h2-7H,1,8H2,(H2,13,14,15). The van der Waals surface area contributed by atoms with Gasteiger partial charge in [-0.05, 0) is 12.1 Å². The second-order valence-electron chi connectivity index (χ2n) is 2.70. The van der Waals surface area contributed by atoms with E-state index in [1.807, 2.05) is 36.5 Å². The van der Waals surface area contributed by atoms with Crippen molar-refractivity contribution in [2.75, 3.05) is 6.54 Å². The third-order valence-electron chi connectivity index (χ3n) is 1.59. The molecule has 0 heterocycles. The molecule has 0 spiro atoms. The molecule has 0 aliphatic carbocycles. The van der Waals surface area contributed by atoms with Gasteiger partial charge >= 0.3 is 0 Å². The lowest BCUT2D eigenvalue weighted by Gasteiger charge is -2.04. The number of aliphatic imine (C=N–C) groups is 1. The maximum Gasteiger partial charge on any atom is 0.210 e. The van der Waals surface area contributed by atoms with Gasteiger partial charge in [-0.15, -0.1) is 6.58 Å². The first-order valence-corrected chi connectivity index (χ1v) is 4.50. The predicted octanol–water partition coefficient (Wildman–Crippen LogP) is 1.52. The molecule has 0 aliphatic heterocycles. The van der Waals surface area contributed by atoms with E-state index >= 15 is 0 Å². The van der Waals surface area contributed by atoms with Crippen molar-refractivity contribution in [1.82, 2.24) is 10.6 Å². The summed E-state index contributed by atoms with van der Waals surface area (Å²) in [5.41, 5.74) is 0.784. The van der Waals surface area contributed by atoms with Crippen molar-refractivity contribution in [3.63, 3.8) is 0 Å². The van der Waals surface area contributed by atoms with Gasteiger partial charge in [-0.2, -0.15) is 5.26 Å². The van der Waals surface area contributed by atoms with Gasteiger partial charge in [0.1, 0.15) is 0 Å². The third kappa shape index (κ3) is 3.96. The topological polar surface area (TPSA) is 60.2 Å². The molecule has 0 fully saturated rings. The lowest BCUT2D eigenvalue weighted by atomic mass is 10.3. The Morgan fingerprint density at radius 1 is 1.47 bits per heavy atom. The van der Waals surface area contributed by atoms with Crippen LogP contribution in [0.15, 0.2) is 48.0 Å². The SMILES string of the molecule is C=CCN/C(=N\c1ccccc1)NC#N. The molecule has 0 bridgehead atoms. The molecule has 4 nitrogen and oxygen atoms in total. The summed E-state index contributed by atoms with van der Waals surface area (Å²) in [6, 6.07) is 9.39. The molecule has 0 aliphatic rings. The second-order valence-corrected chi connectivity index (χ2v) is 2.70. The summed E-state index contributed by atoms with van der Waals surface area (Å²) in [5.74, 6) is 0.420. The van der Waals surface area contributed by atoms with Crippen molar-refractivity contribution >= 4 is 11.6 Å². The average Bonchev–Trinajstić information content (AvgIpc) is 2.28. The van der Waals surface area contributed by atoms with Gasteiger partial charge in [-0.25, -0.2) is 4.99 Å². The highest BCUT2D eigenvalue weighted by Gasteiger charge is 1.95. The highest BCUT2D eigenvalue weighted by Crippen LogP contribution is 2.08. The van der Waals surface area contributed by atoms with Crippen LogP contribution in [0.1, 0.15) is 0 Å². The van der Waals surface area contributed by atoms with Gasteiger partial charge in [0.05, 0.1) is 5.69 Å². The molecule has 1 rings (SSSR count). The molecular formula is C11H12N4. The van der Waals surface area contributed by atoms with Crippen LogP contribution < -0.4 is 10.6 Å². The van der Waals surface area contributed by atoms with Crippen LogP contribution in [0.25, 0.3) is 0 Å². The van der Waals surface area contributed by atoms with Crippen LogP contribution in [0.2, 0.25) is 0 Å². The fourth-order valence-electron chi connectivity index (χ4n) is 0.965. The minimum Gasteiger partial charge on any atom is -0.352 e. The number of nitrogens with zero attached hydrogens (tertiary/aromatic N) is 2. The van der Waals surface area contributed by atoms with E-state index in [2.05, 4.69) is 22.2 Å². The van der Waals surface area contributed by atoms with Crippen molar-refractivity contribution in [3.05, 3.63) is 43.0 Å². The highest BCUT2D eigenvalue weighted by molar-refractivity contribution is 5.83. The lowest BCUT2D eigenvalue weighted by molar-refractivity contribution is 0.985. The number of nitrogens with one attached hydrogen (secondary N) is 2. The average molecular weight is 200 g/mol. The third-order valence-corrected chi connectivity index (χ3v) is 1.59. The van der Waals surface area contributed by atoms with Gasteiger partial charge < -0.3 is 5.32 Å². The molecule has 0 amide bonds. The Balaban J connectivity index is 2.75. The summed E-state index contributed by atoms with van der Waals surface area (Å²) in [6.07, 6.45) is 3.51. The summed E-state index contributed by atoms with van der Waals surface area (Å²) in [4.78, 5) is 4.21. The zero-order valence-electron chi connectivity index (χ0n) is 8.27. The smallest absolute Gasteiger partial charge is 0.210 e. The number of nitriles is 1. The quantitative estimate of drug-likeness (QED) is 0.256. The molecule has 4 heteroatoms. The number of rotatable bonds is 3. The molecule has 0 atom stereocenters. The van der Waals surface area contributed by atoms with Crippen molar-refractivity contribution < 1.29 is 0 Å². The summed E-state index contributed by atoms with van der Waals surface area (Å²) < 4.78 is 0. The summed E-state index contributed by atoms with van der Waals surface area (Å²) in [7, 11) is 0. The zero-order chi connectivity index (χ0) is 10.9. The minimum absolute atomic E-state index is 0.420. The van der Waals surface area contributed by atoms with E-state index in [0.717, 1.165) is 5.69 Å². The summed E-state index contributed by atoms with van der Waals surface area (Å²) in [5, 5.41) is 13.9. The van der Waals surface area contributed by atoms with E-state index in [-0.39, 0.29) is 0 Å². The van der Waals surface area contributed by atoms with Crippen molar-refractivity contribution in [2.45, 2.75) is 0 Å². The van der Waals surface area contributed by atoms with E-state index in [0.29, 0.717) is 12.5 Å². The number of guanidine groups is 1. The van der Waals surface area contributed by atoms with Crippen molar-refractivity contribution in [1.29, 1.82) is 5.26 Å². The Bertz CT molecular complexity index is 375. The summed E-state index contributed by atoms with van der Waals surface area (Å²) in [6.45, 7) is 4.13. The molecule has 15 heavy (non-hydrogen) atoms. The second kappa shape index (κ2) is 6.22. The monoisotopic (exact) mass is 200 g/mol. The van der Waals surface area contributed by atoms with Gasteiger partial charge in [0.15, 0.2) is 6.19 Å². The maximum atomic E-state index is 8.51. The minimum atomic E-state index is 0.420. The van der Waals surface area contributed by atoms with Gasteiger partial charge in [-0.3, -0.25) is 5.32 Å². The van der Waals surface area contributed by atoms with E-state index < -0.39 is 0 Å². The molecule has 0 saturated heterocycles. The van der Waals surface area contributed by atoms with E-state index in [1.54, 1.807) is 6.08 Å². The normalized spacial score (nSPS) is 10.2. The molecule has 0 unspecified atom stereocenters. The zero-order valence-corrected chi connectivity index (χ0v) is 8.27. The van der Waals surface area contributed by atoms with E-state index in [9.17, 15) is 0 Å². The lowest BCUT2D eigenvalue weighted by Crippen LogP contribution is -2.34. The Hall–Kier alpha value is -2.28. The van der Waals surface area contributed by atoms with Crippen molar-refractivity contribution in [2.24, 2.45) is 4.99 Å². The number of hydrogen-bond donors (Lipinski definition) is 2. The molecule has 0 radical (unpaired) electrons. The number of benzene rings is 1. The molecule has 1 aromatic carbocycles. The molecular weight excluding hydrogens is 188 g/mol. The fraction of sp³-hybridized carbons (Fsp3) is 0.0909. The van der Waals surface area contributed by atoms with Gasteiger partial charge in [-0.1, -0.05) is 24.3 Å². The van der Waals surface area contributed by atoms with Crippen LogP contribution in [-0.4, -0.2) is 12.5 Å². The van der Waals surface area contributed by atoms with Crippen LogP contribution in [-0.2, 0) is 0 Å². The Morgan fingerprint density at radius 3 is 2.80 bits per heavy atom.